The summed E-state index contributed by atoms with van der Waals surface area (Å²) in [4.78, 5) is 27.6. The van der Waals surface area contributed by atoms with Gasteiger partial charge in [0.2, 0.25) is 0 Å². The molecular weight excluding hydrogens is 354 g/mol. The van der Waals surface area contributed by atoms with Crippen LogP contribution in [0, 0.1) is 13.8 Å². The Morgan fingerprint density at radius 2 is 1.92 bits per heavy atom. The number of thiazole rings is 1. The van der Waals surface area contributed by atoms with Gasteiger partial charge in [-0.25, -0.2) is 4.98 Å². The number of amides is 1. The molecular formula is C16H16F2N2O4S. The summed E-state index contributed by atoms with van der Waals surface area (Å²) in [5.41, 5.74) is 1.63. The molecule has 0 fully saturated rings. The molecule has 0 aliphatic carbocycles. The number of carbonyl (C=O) groups is 2. The summed E-state index contributed by atoms with van der Waals surface area (Å²) in [7, 11) is 1.28. The van der Waals surface area contributed by atoms with Crippen LogP contribution in [0.1, 0.15) is 27.2 Å². The third-order valence-electron chi connectivity index (χ3n) is 3.25. The van der Waals surface area contributed by atoms with Gasteiger partial charge in [-0.15, -0.1) is 11.3 Å². The molecule has 9 heteroatoms. The lowest BCUT2D eigenvalue weighted by atomic mass is 10.1. The molecule has 0 aliphatic heterocycles. The van der Waals surface area contributed by atoms with Crippen LogP contribution in [0.3, 0.4) is 0 Å². The Morgan fingerprint density at radius 1 is 1.28 bits per heavy atom. The van der Waals surface area contributed by atoms with E-state index in [4.69, 9.17) is 0 Å². The number of nitrogens with one attached hydrogen (secondary N) is 1. The van der Waals surface area contributed by atoms with E-state index < -0.39 is 18.5 Å². The highest BCUT2D eigenvalue weighted by molar-refractivity contribution is 7.14. The first-order valence-electron chi connectivity index (χ1n) is 7.18. The molecule has 0 unspecified atom stereocenters. The second-order valence-electron chi connectivity index (χ2n) is 5.17. The Labute approximate surface area is 146 Å². The lowest BCUT2D eigenvalue weighted by Gasteiger charge is -2.13. The summed E-state index contributed by atoms with van der Waals surface area (Å²) in [5.74, 6) is -0.807. The van der Waals surface area contributed by atoms with Gasteiger partial charge in [0.25, 0.3) is 5.91 Å². The van der Waals surface area contributed by atoms with Crippen LogP contribution in [-0.2, 0) is 16.0 Å². The minimum atomic E-state index is -2.93. The standard InChI is InChI=1S/C16H16F2N2O4S/c1-8-4-10(5-9(2)13(8)24-15(17)18)14(22)20-16-19-11(7-25-16)6-12(21)23-3/h4-5,7,15H,6H2,1-3H3,(H,19,20,22). The molecule has 0 bridgehead atoms. The van der Waals surface area contributed by atoms with Crippen molar-refractivity contribution in [3.63, 3.8) is 0 Å². The molecule has 0 saturated heterocycles. The molecule has 0 atom stereocenters. The monoisotopic (exact) mass is 370 g/mol. The Bertz CT molecular complexity index is 769. The van der Waals surface area contributed by atoms with Crippen LogP contribution in [-0.4, -0.2) is 30.6 Å². The molecule has 1 amide bonds. The first-order valence-corrected chi connectivity index (χ1v) is 8.06. The van der Waals surface area contributed by atoms with Gasteiger partial charge in [0.1, 0.15) is 5.75 Å². The van der Waals surface area contributed by atoms with Gasteiger partial charge in [0.05, 0.1) is 19.2 Å². The number of esters is 1. The van der Waals surface area contributed by atoms with Crippen LogP contribution in [0.5, 0.6) is 5.75 Å². The SMILES string of the molecule is COC(=O)Cc1csc(NC(=O)c2cc(C)c(OC(F)F)c(C)c2)n1. The van der Waals surface area contributed by atoms with Crippen LogP contribution in [0.25, 0.3) is 0 Å². The molecule has 0 aliphatic rings. The number of halogens is 2. The Balaban J connectivity index is 2.12. The van der Waals surface area contributed by atoms with Crippen molar-refractivity contribution in [3.05, 3.63) is 39.9 Å². The van der Waals surface area contributed by atoms with Gasteiger partial charge in [-0.2, -0.15) is 8.78 Å². The number of anilines is 1. The molecule has 1 heterocycles. The van der Waals surface area contributed by atoms with Gasteiger partial charge in [-0.05, 0) is 37.1 Å². The van der Waals surface area contributed by atoms with Crippen molar-refractivity contribution in [3.8, 4) is 5.75 Å². The van der Waals surface area contributed by atoms with Crippen molar-refractivity contribution in [1.29, 1.82) is 0 Å². The highest BCUT2D eigenvalue weighted by Crippen LogP contribution is 2.27. The second-order valence-corrected chi connectivity index (χ2v) is 6.03. The smallest absolute Gasteiger partial charge is 0.387 e. The maximum Gasteiger partial charge on any atom is 0.387 e. The van der Waals surface area contributed by atoms with Crippen molar-refractivity contribution < 1.29 is 27.8 Å². The normalized spacial score (nSPS) is 10.6. The maximum absolute atomic E-state index is 12.4. The first-order chi connectivity index (χ1) is 11.8. The first kappa shape index (κ1) is 18.8. The maximum atomic E-state index is 12.4. The number of aryl methyl sites for hydroxylation is 2. The topological polar surface area (TPSA) is 77.5 Å². The summed E-state index contributed by atoms with van der Waals surface area (Å²) < 4.78 is 33.8. The van der Waals surface area contributed by atoms with Gasteiger partial charge < -0.3 is 9.47 Å². The predicted molar refractivity (Wildman–Crippen MR) is 88.3 cm³/mol. The predicted octanol–water partition coefficient (Wildman–Crippen LogP) is 3.33. The number of ether oxygens (including phenoxy) is 2. The van der Waals surface area contributed by atoms with E-state index in [2.05, 4.69) is 19.8 Å². The Morgan fingerprint density at radius 3 is 2.48 bits per heavy atom. The van der Waals surface area contributed by atoms with Crippen molar-refractivity contribution in [2.45, 2.75) is 26.9 Å². The fourth-order valence-electron chi connectivity index (χ4n) is 2.19. The average Bonchev–Trinajstić information content (AvgIpc) is 2.97. The van der Waals surface area contributed by atoms with E-state index in [1.165, 1.54) is 30.6 Å². The zero-order valence-electron chi connectivity index (χ0n) is 13.8. The molecule has 2 aromatic rings. The van der Waals surface area contributed by atoms with Crippen LogP contribution in [0.15, 0.2) is 17.5 Å². The summed E-state index contributed by atoms with van der Waals surface area (Å²) in [6.45, 7) is 0.235. The van der Waals surface area contributed by atoms with Crippen LogP contribution < -0.4 is 10.1 Å². The molecule has 2 rings (SSSR count). The number of methoxy groups -OCH3 is 1. The lowest BCUT2D eigenvalue weighted by molar-refractivity contribution is -0.139. The zero-order valence-corrected chi connectivity index (χ0v) is 14.6. The zero-order chi connectivity index (χ0) is 18.6. The molecule has 0 saturated carbocycles. The number of carbonyl (C=O) groups excluding carboxylic acids is 2. The molecule has 0 radical (unpaired) electrons. The van der Waals surface area contributed by atoms with Gasteiger partial charge >= 0.3 is 12.6 Å². The quantitative estimate of drug-likeness (QED) is 0.789. The molecule has 1 N–H and O–H groups in total. The number of rotatable bonds is 6. The molecule has 1 aromatic heterocycles. The number of hydrogen-bond acceptors (Lipinski definition) is 6. The summed E-state index contributed by atoms with van der Waals surface area (Å²) in [5, 5.41) is 4.58. The van der Waals surface area contributed by atoms with E-state index in [1.54, 1.807) is 19.2 Å². The van der Waals surface area contributed by atoms with Gasteiger partial charge in [0.15, 0.2) is 5.13 Å². The van der Waals surface area contributed by atoms with Crippen LogP contribution >= 0.6 is 11.3 Å². The van der Waals surface area contributed by atoms with Crippen molar-refractivity contribution >= 4 is 28.3 Å². The molecule has 134 valence electrons. The number of aromatic nitrogens is 1. The fourth-order valence-corrected chi connectivity index (χ4v) is 2.90. The van der Waals surface area contributed by atoms with Gasteiger partial charge in [0, 0.05) is 10.9 Å². The van der Waals surface area contributed by atoms with E-state index in [0.29, 0.717) is 27.5 Å². The van der Waals surface area contributed by atoms with E-state index in [-0.39, 0.29) is 12.2 Å². The number of benzene rings is 1. The number of alkyl halides is 2. The van der Waals surface area contributed by atoms with Crippen molar-refractivity contribution in [1.82, 2.24) is 4.98 Å². The van der Waals surface area contributed by atoms with E-state index >= 15 is 0 Å². The van der Waals surface area contributed by atoms with Gasteiger partial charge in [-0.1, -0.05) is 0 Å². The summed E-state index contributed by atoms with van der Waals surface area (Å²) in [6, 6.07) is 2.92. The molecule has 6 nitrogen and oxygen atoms in total. The Kier molecular flexibility index (Phi) is 6.02. The van der Waals surface area contributed by atoms with Gasteiger partial charge in [-0.3, -0.25) is 14.9 Å². The number of hydrogen-bond donors (Lipinski definition) is 1. The fraction of sp³-hybridized carbons (Fsp3) is 0.312. The Hall–Kier alpha value is -2.55. The van der Waals surface area contributed by atoms with Crippen LogP contribution in [0.4, 0.5) is 13.9 Å². The van der Waals surface area contributed by atoms with Crippen LogP contribution in [0.2, 0.25) is 0 Å². The minimum Gasteiger partial charge on any atom is -0.469 e. The second kappa shape index (κ2) is 8.02. The van der Waals surface area contributed by atoms with E-state index in [9.17, 15) is 18.4 Å². The minimum absolute atomic E-state index is 0.0146. The molecule has 25 heavy (non-hydrogen) atoms. The van der Waals surface area contributed by atoms with E-state index in [0.717, 1.165) is 0 Å². The highest BCUT2D eigenvalue weighted by atomic mass is 32.1. The number of nitrogens with zero attached hydrogens (tertiary/aromatic N) is 1. The summed E-state index contributed by atoms with van der Waals surface area (Å²) >= 11 is 1.17. The third-order valence-corrected chi connectivity index (χ3v) is 4.06. The highest BCUT2D eigenvalue weighted by Gasteiger charge is 2.16. The molecule has 1 aromatic carbocycles. The van der Waals surface area contributed by atoms with E-state index in [1.807, 2.05) is 0 Å². The van der Waals surface area contributed by atoms with Crippen molar-refractivity contribution in [2.75, 3.05) is 12.4 Å². The summed E-state index contributed by atoms with van der Waals surface area (Å²) in [6.07, 6.45) is 0.0146. The third kappa shape index (κ3) is 4.96. The van der Waals surface area contributed by atoms with Crippen molar-refractivity contribution in [2.24, 2.45) is 0 Å². The lowest BCUT2D eigenvalue weighted by Crippen LogP contribution is -2.13. The molecule has 0 spiro atoms. The largest absolute Gasteiger partial charge is 0.469 e. The average molecular weight is 370 g/mol.